The summed E-state index contributed by atoms with van der Waals surface area (Å²) < 4.78 is 73.8. The fourth-order valence-corrected chi connectivity index (χ4v) is 5.61. The van der Waals surface area contributed by atoms with Gasteiger partial charge in [-0.3, -0.25) is 0 Å². The van der Waals surface area contributed by atoms with Crippen molar-refractivity contribution in [1.82, 2.24) is 29.9 Å². The van der Waals surface area contributed by atoms with Crippen LogP contribution in [0, 0.1) is 0 Å². The second kappa shape index (κ2) is 18.2. The van der Waals surface area contributed by atoms with Crippen molar-refractivity contribution in [3.8, 4) is 0 Å². The molecule has 2 aromatic carbocycles. The van der Waals surface area contributed by atoms with E-state index in [1.54, 1.807) is 0 Å². The zero-order valence-corrected chi connectivity index (χ0v) is 28.6. The van der Waals surface area contributed by atoms with Crippen LogP contribution >= 0.6 is 0 Å². The number of rotatable bonds is 20. The van der Waals surface area contributed by atoms with Crippen molar-refractivity contribution >= 4 is 79.5 Å². The lowest BCUT2D eigenvalue weighted by Crippen LogP contribution is -2.15. The molecule has 0 bridgehead atoms. The minimum Gasteiger partial charge on any atom is -0.744 e. The lowest BCUT2D eigenvalue weighted by molar-refractivity contribution is 0.310. The van der Waals surface area contributed by atoms with Crippen molar-refractivity contribution in [2.45, 2.75) is 9.79 Å². The van der Waals surface area contributed by atoms with Crippen molar-refractivity contribution in [2.24, 2.45) is 0 Å². The van der Waals surface area contributed by atoms with E-state index in [0.717, 1.165) is 24.3 Å². The topological polar surface area (TPSA) is 345 Å². The van der Waals surface area contributed by atoms with E-state index in [1.807, 2.05) is 0 Å². The van der Waals surface area contributed by atoms with Gasteiger partial charge in [-0.05, 0) is 35.4 Å². The maximum Gasteiger partial charge on any atom is 0.233 e. The molecule has 52 heavy (non-hydrogen) atoms. The minimum atomic E-state index is -5.11. The van der Waals surface area contributed by atoms with Crippen molar-refractivity contribution in [2.75, 3.05) is 84.5 Å². The van der Waals surface area contributed by atoms with Gasteiger partial charge in [0.1, 0.15) is 20.2 Å². The van der Waals surface area contributed by atoms with Gasteiger partial charge in [-0.2, -0.15) is 29.9 Å². The molecule has 0 saturated heterocycles. The number of aromatic nitrogens is 6. The molecule has 0 aliphatic heterocycles. The predicted octanol–water partition coefficient (Wildman–Crippen LogP) is -0.861. The third-order valence-corrected chi connectivity index (χ3v) is 8.16. The molecule has 2 aromatic heterocycles. The summed E-state index contributed by atoms with van der Waals surface area (Å²) in [5, 5.41) is 53.0. The van der Waals surface area contributed by atoms with E-state index in [4.69, 9.17) is 20.4 Å². The van der Waals surface area contributed by atoms with Crippen LogP contribution in [0.25, 0.3) is 12.2 Å². The number of benzene rings is 2. The summed E-state index contributed by atoms with van der Waals surface area (Å²) in [4.78, 5) is 23.3. The first-order valence-corrected chi connectivity index (χ1v) is 18.0. The van der Waals surface area contributed by atoms with Crippen molar-refractivity contribution in [3.05, 3.63) is 47.5 Å². The van der Waals surface area contributed by atoms with Crippen LogP contribution in [0.15, 0.2) is 46.2 Å². The molecule has 0 atom stereocenters. The van der Waals surface area contributed by atoms with E-state index >= 15 is 0 Å². The molecule has 4 rings (SSSR count). The monoisotopic (exact) mass is 762 g/mol. The van der Waals surface area contributed by atoms with E-state index in [1.165, 1.54) is 24.3 Å². The molecule has 24 heteroatoms. The molecule has 22 nitrogen and oxygen atoms in total. The fraction of sp³-hybridized carbons (Fsp3) is 0.286. The molecule has 0 radical (unpaired) electrons. The average Bonchev–Trinajstić information content (AvgIpc) is 3.10. The minimum absolute atomic E-state index is 0.0430. The highest BCUT2D eigenvalue weighted by Gasteiger charge is 2.14. The quantitative estimate of drug-likeness (QED) is 0.0387. The van der Waals surface area contributed by atoms with E-state index < -0.39 is 30.0 Å². The third kappa shape index (κ3) is 11.6. The number of nitrogens with one attached hydrogen (secondary N) is 6. The largest absolute Gasteiger partial charge is 0.744 e. The van der Waals surface area contributed by atoms with Crippen molar-refractivity contribution < 1.29 is 46.4 Å². The van der Waals surface area contributed by atoms with Crippen LogP contribution in [0.1, 0.15) is 11.1 Å². The Labute approximate surface area is 297 Å². The Morgan fingerprint density at radius 3 is 1.06 bits per heavy atom. The maximum absolute atomic E-state index is 12.3. The number of nitrogens with zero attached hydrogens (tertiary/aromatic N) is 6. The second-order valence-electron chi connectivity index (χ2n) is 10.2. The standard InChI is InChI=1S/C28H36N12O10S2/c41-11-7-29-23-35-24(30-8-12-42)38-27(37-23)33-19-5-3-17(21(15-19)51(45,46)47)1-2-18-4-6-20(16-22(18)52(48,49)50)34-28-39-25(31-9-13-43)36-26(40-28)32-10-14-44/h1-6,15-16,41-44H,7-14H2,(H,45,46,47)(H,48,49,50)(H3,29,30,33,35,37,38)(H3,31,32,34,36,39,40)/p-2/b2-1+. The molecule has 280 valence electrons. The van der Waals surface area contributed by atoms with Crippen LogP contribution in [0.4, 0.5) is 47.1 Å². The highest BCUT2D eigenvalue weighted by Crippen LogP contribution is 2.28. The zero-order valence-electron chi connectivity index (χ0n) is 27.0. The molecule has 0 aliphatic rings. The Morgan fingerprint density at radius 1 is 0.500 bits per heavy atom. The summed E-state index contributed by atoms with van der Waals surface area (Å²) in [5.74, 6) is 0.00523. The lowest BCUT2D eigenvalue weighted by Gasteiger charge is -2.15. The summed E-state index contributed by atoms with van der Waals surface area (Å²) in [6.07, 6.45) is 2.29. The smallest absolute Gasteiger partial charge is 0.233 e. The molecule has 0 unspecified atom stereocenters. The lowest BCUT2D eigenvalue weighted by atomic mass is 10.1. The van der Waals surface area contributed by atoms with Gasteiger partial charge in [0.25, 0.3) is 0 Å². The SMILES string of the molecule is O=S(=O)([O-])c1cc(Nc2nc(NCCO)nc(NCCO)n2)ccc1/C=C/c1ccc(Nc2nc(NCCO)nc(NCCO)n2)cc1S(=O)(=O)[O-]. The van der Waals surface area contributed by atoms with Gasteiger partial charge in [0.15, 0.2) is 0 Å². The third-order valence-electron chi connectivity index (χ3n) is 6.37. The van der Waals surface area contributed by atoms with Crippen LogP contribution in [0.3, 0.4) is 0 Å². The summed E-state index contributed by atoms with van der Waals surface area (Å²) in [6, 6.07) is 7.31. The fourth-order valence-electron chi connectivity index (χ4n) is 4.22. The van der Waals surface area contributed by atoms with E-state index in [9.17, 15) is 25.9 Å². The van der Waals surface area contributed by atoms with Gasteiger partial charge >= 0.3 is 0 Å². The molecule has 0 amide bonds. The average molecular weight is 763 g/mol. The molecular weight excluding hydrogens is 729 g/mol. The summed E-state index contributed by atoms with van der Waals surface area (Å²) >= 11 is 0. The van der Waals surface area contributed by atoms with E-state index in [0.29, 0.717) is 0 Å². The van der Waals surface area contributed by atoms with Gasteiger partial charge in [0, 0.05) is 37.6 Å². The van der Waals surface area contributed by atoms with Crippen LogP contribution < -0.4 is 31.9 Å². The normalized spacial score (nSPS) is 11.7. The first-order chi connectivity index (χ1) is 24.8. The van der Waals surface area contributed by atoms with E-state index in [2.05, 4.69) is 61.8 Å². The van der Waals surface area contributed by atoms with Crippen LogP contribution in [0.5, 0.6) is 0 Å². The summed E-state index contributed by atoms with van der Waals surface area (Å²) in [6.45, 7) is -0.501. The first kappa shape index (κ1) is 39.4. The maximum atomic E-state index is 12.3. The Kier molecular flexibility index (Phi) is 13.8. The van der Waals surface area contributed by atoms with Gasteiger partial charge < -0.3 is 61.4 Å². The van der Waals surface area contributed by atoms with E-state index in [-0.39, 0.29) is 111 Å². The van der Waals surface area contributed by atoms with Crippen molar-refractivity contribution in [1.29, 1.82) is 0 Å². The number of anilines is 8. The number of hydrogen-bond acceptors (Lipinski definition) is 22. The van der Waals surface area contributed by atoms with Gasteiger partial charge in [0.05, 0.1) is 36.2 Å². The molecule has 4 aromatic rings. The summed E-state index contributed by atoms with van der Waals surface area (Å²) in [5.41, 5.74) is -0.140. The van der Waals surface area contributed by atoms with Gasteiger partial charge in [-0.15, -0.1) is 0 Å². The van der Waals surface area contributed by atoms with Crippen LogP contribution in [0.2, 0.25) is 0 Å². The van der Waals surface area contributed by atoms with Crippen LogP contribution in [-0.2, 0) is 20.2 Å². The second-order valence-corrected chi connectivity index (χ2v) is 12.9. The zero-order chi connectivity index (χ0) is 37.7. The predicted molar refractivity (Wildman–Crippen MR) is 186 cm³/mol. The highest BCUT2D eigenvalue weighted by atomic mass is 32.2. The Balaban J connectivity index is 1.64. The first-order valence-electron chi connectivity index (χ1n) is 15.2. The Morgan fingerprint density at radius 2 is 0.788 bits per heavy atom. The molecule has 2 heterocycles. The summed E-state index contributed by atoms with van der Waals surface area (Å²) in [7, 11) is -10.2. The van der Waals surface area contributed by atoms with Crippen molar-refractivity contribution in [3.63, 3.8) is 0 Å². The molecule has 10 N–H and O–H groups in total. The molecule has 0 spiro atoms. The molecular formula is C28H34N12O10S2-2. The number of aliphatic hydroxyl groups is 4. The van der Waals surface area contributed by atoms with Gasteiger partial charge in [-0.25, -0.2) is 16.8 Å². The molecule has 0 fully saturated rings. The van der Waals surface area contributed by atoms with Crippen LogP contribution in [-0.4, -0.2) is 129 Å². The number of hydrogen-bond donors (Lipinski definition) is 10. The van der Waals surface area contributed by atoms with Gasteiger partial charge in [-0.1, -0.05) is 24.3 Å². The Bertz CT molecular complexity index is 1890. The Hall–Kier alpha value is -5.34. The molecule has 0 saturated carbocycles. The van der Waals surface area contributed by atoms with Gasteiger partial charge in [0.2, 0.25) is 35.7 Å². The highest BCUT2D eigenvalue weighted by molar-refractivity contribution is 7.86. The molecule has 0 aliphatic carbocycles. The number of aliphatic hydroxyl groups excluding tert-OH is 4.